The quantitative estimate of drug-likeness (QED) is 0.196. The van der Waals surface area contributed by atoms with Crippen molar-refractivity contribution in [1.29, 1.82) is 0 Å². The lowest BCUT2D eigenvalue weighted by molar-refractivity contribution is -0.149. The highest BCUT2D eigenvalue weighted by Gasteiger charge is 2.44. The number of anilines is 1. The molecule has 0 aromatic heterocycles. The van der Waals surface area contributed by atoms with Gasteiger partial charge in [-0.25, -0.2) is 14.5 Å². The van der Waals surface area contributed by atoms with Gasteiger partial charge in [-0.15, -0.1) is 0 Å². The molecule has 27 heavy (non-hydrogen) atoms. The van der Waals surface area contributed by atoms with Gasteiger partial charge < -0.3 is 21.1 Å². The average Bonchev–Trinajstić information content (AvgIpc) is 2.57. The fourth-order valence-electron chi connectivity index (χ4n) is 2.43. The first-order valence-corrected chi connectivity index (χ1v) is 7.56. The third-order valence-corrected chi connectivity index (χ3v) is 3.75. The van der Waals surface area contributed by atoms with E-state index in [1.807, 2.05) is 0 Å². The molecule has 11 heteroatoms. The van der Waals surface area contributed by atoms with Gasteiger partial charge in [-0.1, -0.05) is 0 Å². The predicted molar refractivity (Wildman–Crippen MR) is 89.1 cm³/mol. The van der Waals surface area contributed by atoms with Crippen LogP contribution in [-0.4, -0.2) is 56.0 Å². The molecular formula is C16H15N3O8. The molecule has 0 saturated carbocycles. The number of nitrogens with one attached hydrogen (secondary N) is 1. The third kappa shape index (κ3) is 4.03. The summed E-state index contributed by atoms with van der Waals surface area (Å²) in [4.78, 5) is 59.0. The minimum Gasteiger partial charge on any atom is -0.506 e. The number of nitrogen functional groups attached to an aromatic ring is 1. The van der Waals surface area contributed by atoms with E-state index in [9.17, 15) is 34.2 Å². The molecule has 11 nitrogen and oxygen atoms in total. The Hall–Kier alpha value is -3.89. The number of aliphatic hydroxyl groups excluding tert-OH is 1. The molecule has 1 saturated heterocycles. The maximum absolute atomic E-state index is 12.6. The van der Waals surface area contributed by atoms with Crippen molar-refractivity contribution in [1.82, 2.24) is 10.2 Å². The highest BCUT2D eigenvalue weighted by atomic mass is 16.4. The Morgan fingerprint density at radius 1 is 1.07 bits per heavy atom. The van der Waals surface area contributed by atoms with Crippen LogP contribution < -0.4 is 11.1 Å². The van der Waals surface area contributed by atoms with Gasteiger partial charge in [0.15, 0.2) is 0 Å². The Balaban J connectivity index is 2.47. The number of benzene rings is 1. The maximum atomic E-state index is 12.6. The minimum absolute atomic E-state index is 0.0365. The van der Waals surface area contributed by atoms with Crippen LogP contribution in [0.5, 0.6) is 0 Å². The summed E-state index contributed by atoms with van der Waals surface area (Å²) >= 11 is 0. The van der Waals surface area contributed by atoms with Crippen LogP contribution in [0.25, 0.3) is 5.76 Å². The van der Waals surface area contributed by atoms with Crippen LogP contribution in [0.3, 0.4) is 0 Å². The Bertz CT molecular complexity index is 859. The van der Waals surface area contributed by atoms with Crippen LogP contribution in [0.2, 0.25) is 0 Å². The molecule has 0 unspecified atom stereocenters. The van der Waals surface area contributed by atoms with E-state index in [1.54, 1.807) is 5.32 Å². The zero-order chi connectivity index (χ0) is 20.3. The van der Waals surface area contributed by atoms with E-state index in [2.05, 4.69) is 0 Å². The summed E-state index contributed by atoms with van der Waals surface area (Å²) in [5.74, 6) is -6.31. The van der Waals surface area contributed by atoms with Gasteiger partial charge in [0, 0.05) is 17.7 Å². The SMILES string of the molecule is Nc1ccc(C(O)=C2C(=O)NC(=O)N([C@@H](CCC(=O)O)C(=O)O)C2=O)cc1. The lowest BCUT2D eigenvalue weighted by Crippen LogP contribution is -2.60. The van der Waals surface area contributed by atoms with Crippen molar-refractivity contribution in [2.45, 2.75) is 18.9 Å². The van der Waals surface area contributed by atoms with E-state index in [0.29, 0.717) is 5.69 Å². The summed E-state index contributed by atoms with van der Waals surface area (Å²) in [6.45, 7) is 0. The van der Waals surface area contributed by atoms with E-state index >= 15 is 0 Å². The third-order valence-electron chi connectivity index (χ3n) is 3.75. The number of hydrogen-bond donors (Lipinski definition) is 5. The van der Waals surface area contributed by atoms with Gasteiger partial charge in [0.1, 0.15) is 17.4 Å². The number of amides is 4. The average molecular weight is 377 g/mol. The van der Waals surface area contributed by atoms with Gasteiger partial charge in [0.25, 0.3) is 11.8 Å². The first kappa shape index (κ1) is 19.4. The van der Waals surface area contributed by atoms with E-state index in [1.165, 1.54) is 24.3 Å². The van der Waals surface area contributed by atoms with Crippen molar-refractivity contribution in [2.24, 2.45) is 0 Å². The Morgan fingerprint density at radius 3 is 2.19 bits per heavy atom. The Labute approximate surface area is 151 Å². The van der Waals surface area contributed by atoms with Crippen molar-refractivity contribution >= 4 is 41.2 Å². The normalized spacial score (nSPS) is 17.3. The number of barbiturate groups is 1. The number of rotatable bonds is 6. The first-order chi connectivity index (χ1) is 12.6. The molecule has 142 valence electrons. The van der Waals surface area contributed by atoms with Crippen LogP contribution in [0, 0.1) is 0 Å². The Kier molecular flexibility index (Phi) is 5.44. The van der Waals surface area contributed by atoms with Gasteiger partial charge in [0.2, 0.25) is 0 Å². The molecule has 1 fully saturated rings. The summed E-state index contributed by atoms with van der Waals surface area (Å²) in [6, 6.07) is 2.27. The number of carboxylic acids is 2. The number of carbonyl (C=O) groups is 5. The molecule has 1 aliphatic heterocycles. The van der Waals surface area contributed by atoms with E-state index < -0.39 is 60.0 Å². The van der Waals surface area contributed by atoms with Gasteiger partial charge >= 0.3 is 18.0 Å². The summed E-state index contributed by atoms with van der Waals surface area (Å²) in [5.41, 5.74) is 5.07. The molecular weight excluding hydrogens is 362 g/mol. The number of carboxylic acid groups (broad SMARTS) is 2. The zero-order valence-electron chi connectivity index (χ0n) is 13.7. The van der Waals surface area contributed by atoms with Crippen LogP contribution >= 0.6 is 0 Å². The number of nitrogens with zero attached hydrogens (tertiary/aromatic N) is 1. The number of aliphatic carboxylic acids is 2. The van der Waals surface area contributed by atoms with Crippen molar-refractivity contribution < 1.29 is 39.3 Å². The van der Waals surface area contributed by atoms with Gasteiger partial charge in [0.05, 0.1) is 0 Å². The zero-order valence-corrected chi connectivity index (χ0v) is 13.7. The molecule has 6 N–H and O–H groups in total. The smallest absolute Gasteiger partial charge is 0.332 e. The summed E-state index contributed by atoms with van der Waals surface area (Å²) in [7, 11) is 0. The largest absolute Gasteiger partial charge is 0.506 e. The molecule has 0 bridgehead atoms. The van der Waals surface area contributed by atoms with E-state index in [0.717, 1.165) is 0 Å². The van der Waals surface area contributed by atoms with Crippen molar-refractivity contribution in [3.05, 3.63) is 35.4 Å². The number of nitrogens with two attached hydrogens (primary N) is 1. The highest BCUT2D eigenvalue weighted by Crippen LogP contribution is 2.24. The van der Waals surface area contributed by atoms with Crippen molar-refractivity contribution in [3.8, 4) is 0 Å². The molecule has 0 aliphatic carbocycles. The second-order valence-electron chi connectivity index (χ2n) is 5.57. The number of carbonyl (C=O) groups excluding carboxylic acids is 3. The topological polar surface area (TPSA) is 187 Å². The molecule has 2 rings (SSSR count). The van der Waals surface area contributed by atoms with Gasteiger partial charge in [-0.3, -0.25) is 19.7 Å². The van der Waals surface area contributed by atoms with Crippen LogP contribution in [-0.2, 0) is 19.2 Å². The fourth-order valence-corrected chi connectivity index (χ4v) is 2.43. The van der Waals surface area contributed by atoms with Crippen LogP contribution in [0.1, 0.15) is 18.4 Å². The Morgan fingerprint density at radius 2 is 1.67 bits per heavy atom. The van der Waals surface area contributed by atoms with Crippen molar-refractivity contribution in [3.63, 3.8) is 0 Å². The molecule has 4 amide bonds. The molecule has 1 heterocycles. The standard InChI is InChI=1S/C16H15N3O8/c17-8-3-1-7(2-4-8)12(22)11-13(23)18-16(27)19(14(11)24)9(15(25)26)5-6-10(20)21/h1-4,9,22H,5-6,17H2,(H,20,21)(H,25,26)(H,18,23,27)/t9-/m0/s1. The first-order valence-electron chi connectivity index (χ1n) is 7.56. The molecule has 1 atom stereocenters. The number of aliphatic hydroxyl groups is 1. The summed E-state index contributed by atoms with van der Waals surface area (Å²) < 4.78 is 0. The van der Waals surface area contributed by atoms with Crippen LogP contribution in [0.4, 0.5) is 10.5 Å². The van der Waals surface area contributed by atoms with Crippen LogP contribution in [0.15, 0.2) is 29.8 Å². The predicted octanol–water partition coefficient (Wildman–Crippen LogP) is -0.0657. The lowest BCUT2D eigenvalue weighted by atomic mass is 10.0. The maximum Gasteiger partial charge on any atom is 0.332 e. The van der Waals surface area contributed by atoms with E-state index in [-0.39, 0.29) is 10.5 Å². The number of hydrogen-bond acceptors (Lipinski definition) is 7. The number of urea groups is 1. The summed E-state index contributed by atoms with van der Waals surface area (Å²) in [6.07, 6.45) is -1.21. The summed E-state index contributed by atoms with van der Waals surface area (Å²) in [5, 5.41) is 30.1. The van der Waals surface area contributed by atoms with Crippen molar-refractivity contribution in [2.75, 3.05) is 5.73 Å². The molecule has 1 aromatic rings. The van der Waals surface area contributed by atoms with Gasteiger partial charge in [-0.2, -0.15) is 0 Å². The molecule has 1 aromatic carbocycles. The monoisotopic (exact) mass is 377 g/mol. The van der Waals surface area contributed by atoms with E-state index in [4.69, 9.17) is 10.8 Å². The second kappa shape index (κ2) is 7.56. The highest BCUT2D eigenvalue weighted by molar-refractivity contribution is 6.32. The lowest BCUT2D eigenvalue weighted by Gasteiger charge is -2.31. The second-order valence-corrected chi connectivity index (χ2v) is 5.57. The molecule has 0 spiro atoms. The molecule has 0 radical (unpaired) electrons. The molecule has 1 aliphatic rings. The minimum atomic E-state index is -1.84. The van der Waals surface area contributed by atoms with Gasteiger partial charge in [-0.05, 0) is 30.7 Å². The number of imide groups is 2. The fraction of sp³-hybridized carbons (Fsp3) is 0.188.